The van der Waals surface area contributed by atoms with E-state index in [1.165, 1.54) is 4.31 Å². The lowest BCUT2D eigenvalue weighted by molar-refractivity contribution is -0.138. The first-order valence-electron chi connectivity index (χ1n) is 12.2. The Labute approximate surface area is 209 Å². The number of hydrogen-bond acceptors (Lipinski definition) is 5. The molecule has 1 unspecified atom stereocenters. The Morgan fingerprint density at radius 3 is 2.47 bits per heavy atom. The van der Waals surface area contributed by atoms with E-state index >= 15 is 8.78 Å². The van der Waals surface area contributed by atoms with Gasteiger partial charge in [-0.05, 0) is 43.9 Å². The third-order valence-corrected chi connectivity index (χ3v) is 9.90. The van der Waals surface area contributed by atoms with Crippen molar-refractivity contribution in [3.8, 4) is 0 Å². The maximum Gasteiger partial charge on any atom is 0.226 e. The molecular formula is C26H30F2N2O5S. The van der Waals surface area contributed by atoms with Crippen LogP contribution in [-0.4, -0.2) is 51.1 Å². The van der Waals surface area contributed by atoms with Gasteiger partial charge in [0.2, 0.25) is 15.9 Å². The van der Waals surface area contributed by atoms with Gasteiger partial charge in [0.1, 0.15) is 22.4 Å². The molecule has 2 aromatic rings. The number of halogens is 2. The Balaban J connectivity index is 1.40. The van der Waals surface area contributed by atoms with E-state index in [-0.39, 0.29) is 48.8 Å². The number of rotatable bonds is 6. The third kappa shape index (κ3) is 4.55. The minimum absolute atomic E-state index is 0.000947. The van der Waals surface area contributed by atoms with E-state index < -0.39 is 32.4 Å². The molecule has 3 fully saturated rings. The summed E-state index contributed by atoms with van der Waals surface area (Å²) in [7, 11) is -3.80. The molecule has 0 spiro atoms. The van der Waals surface area contributed by atoms with Gasteiger partial charge in [-0.3, -0.25) is 4.79 Å². The van der Waals surface area contributed by atoms with Crippen molar-refractivity contribution in [2.24, 2.45) is 5.92 Å². The van der Waals surface area contributed by atoms with Crippen LogP contribution in [0.4, 0.5) is 8.78 Å². The zero-order valence-corrected chi connectivity index (χ0v) is 20.9. The van der Waals surface area contributed by atoms with Crippen LogP contribution in [0.2, 0.25) is 0 Å². The molecule has 2 aromatic carbocycles. The van der Waals surface area contributed by atoms with Crippen molar-refractivity contribution in [3.63, 3.8) is 0 Å². The quantitative estimate of drug-likeness (QED) is 0.631. The summed E-state index contributed by atoms with van der Waals surface area (Å²) in [5, 5.41) is 2.11. The molecule has 3 aliphatic rings. The van der Waals surface area contributed by atoms with Gasteiger partial charge in [0.15, 0.2) is 0 Å². The number of benzene rings is 2. The number of amides is 1. The molecular weight excluding hydrogens is 490 g/mol. The summed E-state index contributed by atoms with van der Waals surface area (Å²) < 4.78 is 69.5. The van der Waals surface area contributed by atoms with Gasteiger partial charge in [0.05, 0.1) is 25.7 Å². The number of carbonyl (C=O) groups is 1. The highest BCUT2D eigenvalue weighted by atomic mass is 32.2. The largest absolute Gasteiger partial charge is 0.381 e. The molecule has 194 valence electrons. The lowest BCUT2D eigenvalue weighted by Crippen LogP contribution is -2.61. The van der Waals surface area contributed by atoms with Crippen LogP contribution in [0.1, 0.15) is 48.1 Å². The number of sulfonamides is 1. The maximum atomic E-state index is 15.4. The van der Waals surface area contributed by atoms with Crippen LogP contribution in [-0.2, 0) is 36.4 Å². The van der Waals surface area contributed by atoms with Crippen molar-refractivity contribution in [1.29, 1.82) is 0 Å². The summed E-state index contributed by atoms with van der Waals surface area (Å²) in [6.07, 6.45) is 1.65. The highest BCUT2D eigenvalue weighted by Crippen LogP contribution is 2.39. The predicted molar refractivity (Wildman–Crippen MR) is 128 cm³/mol. The second kappa shape index (κ2) is 9.81. The summed E-state index contributed by atoms with van der Waals surface area (Å²) in [5.74, 6) is -2.04. The molecule has 0 saturated carbocycles. The summed E-state index contributed by atoms with van der Waals surface area (Å²) in [5.41, 5.74) is -0.525. The van der Waals surface area contributed by atoms with E-state index in [0.29, 0.717) is 38.0 Å². The number of ether oxygens (including phenoxy) is 2. The Morgan fingerprint density at radius 1 is 1.08 bits per heavy atom. The smallest absolute Gasteiger partial charge is 0.226 e. The van der Waals surface area contributed by atoms with Gasteiger partial charge in [0.25, 0.3) is 0 Å². The highest BCUT2D eigenvalue weighted by molar-refractivity contribution is 7.89. The first-order valence-corrected chi connectivity index (χ1v) is 13.7. The minimum Gasteiger partial charge on any atom is -0.381 e. The molecule has 0 bridgehead atoms. The van der Waals surface area contributed by atoms with Crippen molar-refractivity contribution >= 4 is 15.9 Å². The summed E-state index contributed by atoms with van der Waals surface area (Å²) >= 11 is 0. The van der Waals surface area contributed by atoms with Crippen molar-refractivity contribution in [1.82, 2.24) is 9.62 Å². The van der Waals surface area contributed by atoms with Crippen molar-refractivity contribution in [2.45, 2.75) is 49.6 Å². The van der Waals surface area contributed by atoms with Crippen molar-refractivity contribution < 1.29 is 31.5 Å². The van der Waals surface area contributed by atoms with Gasteiger partial charge in [0, 0.05) is 30.3 Å². The molecule has 0 aromatic heterocycles. The van der Waals surface area contributed by atoms with Gasteiger partial charge < -0.3 is 14.8 Å². The zero-order chi connectivity index (χ0) is 25.5. The topological polar surface area (TPSA) is 84.9 Å². The molecule has 0 aliphatic carbocycles. The van der Waals surface area contributed by atoms with Gasteiger partial charge >= 0.3 is 0 Å². The summed E-state index contributed by atoms with van der Waals surface area (Å²) in [6, 6.07) is 10.7. The monoisotopic (exact) mass is 520 g/mol. The van der Waals surface area contributed by atoms with Crippen LogP contribution in [0.3, 0.4) is 0 Å². The molecule has 7 nitrogen and oxygen atoms in total. The lowest BCUT2D eigenvalue weighted by Gasteiger charge is -2.43. The van der Waals surface area contributed by atoms with Crippen LogP contribution < -0.4 is 5.32 Å². The number of hydrogen-bond donors (Lipinski definition) is 1. The zero-order valence-electron chi connectivity index (χ0n) is 20.1. The second-order valence-electron chi connectivity index (χ2n) is 9.96. The van der Waals surface area contributed by atoms with E-state index in [9.17, 15) is 13.2 Å². The Bertz CT molecular complexity index is 1230. The van der Waals surface area contributed by atoms with E-state index in [1.54, 1.807) is 31.2 Å². The number of carbonyl (C=O) groups excluding carboxylic acids is 1. The first-order chi connectivity index (χ1) is 17.2. The fourth-order valence-corrected chi connectivity index (χ4v) is 7.46. The minimum atomic E-state index is -3.80. The average molecular weight is 521 g/mol. The first kappa shape index (κ1) is 25.3. The Morgan fingerprint density at radius 2 is 1.83 bits per heavy atom. The molecule has 5 rings (SSSR count). The number of nitrogens with one attached hydrogen (secondary N) is 1. The molecule has 1 N–H and O–H groups in total. The molecule has 36 heavy (non-hydrogen) atoms. The van der Waals surface area contributed by atoms with Gasteiger partial charge in [-0.1, -0.05) is 30.3 Å². The van der Waals surface area contributed by atoms with E-state index in [0.717, 1.165) is 12.1 Å². The van der Waals surface area contributed by atoms with Crippen molar-refractivity contribution in [2.75, 3.05) is 26.4 Å². The standard InChI is InChI=1S/C26H30F2N2O5S/c1-17-7-8-24(18-5-3-2-4-6-18)36(32,33)30(17)13-20-11-23(28)21(12-22(20)27)26(15-35-16-26)29-25(31)19-9-10-34-14-19/h2-6,11-12,17,19,24H,7-10,13-16H2,1H3,(H,29,31)/t17-,19?,24+/m0/s1. The summed E-state index contributed by atoms with van der Waals surface area (Å²) in [4.78, 5) is 12.7. The van der Waals surface area contributed by atoms with Crippen LogP contribution in [0.15, 0.2) is 42.5 Å². The fourth-order valence-electron chi connectivity index (χ4n) is 5.28. The predicted octanol–water partition coefficient (Wildman–Crippen LogP) is 3.40. The van der Waals surface area contributed by atoms with Crippen LogP contribution in [0, 0.1) is 17.6 Å². The summed E-state index contributed by atoms with van der Waals surface area (Å²) in [6.45, 7) is 2.35. The molecule has 10 heteroatoms. The molecule has 1 amide bonds. The van der Waals surface area contributed by atoms with Crippen LogP contribution in [0.5, 0.6) is 0 Å². The second-order valence-corrected chi connectivity index (χ2v) is 12.0. The average Bonchev–Trinajstić information content (AvgIpc) is 3.37. The van der Waals surface area contributed by atoms with Gasteiger partial charge in [-0.25, -0.2) is 17.2 Å². The molecule has 3 atom stereocenters. The van der Waals surface area contributed by atoms with Crippen molar-refractivity contribution in [3.05, 3.63) is 70.8 Å². The van der Waals surface area contributed by atoms with Gasteiger partial charge in [-0.15, -0.1) is 0 Å². The molecule has 3 heterocycles. The number of nitrogens with zero attached hydrogens (tertiary/aromatic N) is 1. The SMILES string of the molecule is C[C@H]1CC[C@H](c2ccccc2)S(=O)(=O)N1Cc1cc(F)c(C2(NC(=O)C3CCOC3)COC2)cc1F. The highest BCUT2D eigenvalue weighted by Gasteiger charge is 2.46. The van der Waals surface area contributed by atoms with E-state index in [1.807, 2.05) is 6.07 Å². The fraction of sp³-hybridized carbons (Fsp3) is 0.500. The lowest BCUT2D eigenvalue weighted by atomic mass is 9.86. The van der Waals surface area contributed by atoms with E-state index in [4.69, 9.17) is 9.47 Å². The molecule has 3 aliphatic heterocycles. The van der Waals surface area contributed by atoms with Gasteiger partial charge in [-0.2, -0.15) is 4.31 Å². The van der Waals surface area contributed by atoms with Crippen LogP contribution >= 0.6 is 0 Å². The molecule has 0 radical (unpaired) electrons. The maximum absolute atomic E-state index is 15.4. The third-order valence-electron chi connectivity index (χ3n) is 7.53. The Hall–Kier alpha value is -2.40. The normalized spacial score (nSPS) is 27.4. The Kier molecular flexibility index (Phi) is 6.88. The van der Waals surface area contributed by atoms with Crippen LogP contribution in [0.25, 0.3) is 0 Å². The van der Waals surface area contributed by atoms with E-state index in [2.05, 4.69) is 5.32 Å². The molecule has 3 saturated heterocycles.